The first kappa shape index (κ1) is 11.3. The maximum atomic E-state index is 12.9. The lowest BCUT2D eigenvalue weighted by Gasteiger charge is -2.39. The summed E-state index contributed by atoms with van der Waals surface area (Å²) in [7, 11) is 1.45. The molecule has 0 radical (unpaired) electrons. The molecule has 1 aliphatic rings. The molecule has 2 rings (SSSR count). The van der Waals surface area contributed by atoms with Crippen molar-refractivity contribution in [3.05, 3.63) is 29.8 Å². The molecule has 0 spiro atoms. The fraction of sp³-hybridized carbons (Fsp3) is 0.455. The summed E-state index contributed by atoms with van der Waals surface area (Å²) in [6.07, 6.45) is -0.975. The third-order valence-electron chi connectivity index (χ3n) is 2.62. The maximum absolute atomic E-state index is 12.9. The minimum atomic E-state index is -0.691. The van der Waals surface area contributed by atoms with E-state index in [-0.39, 0.29) is 11.9 Å². The Balaban J connectivity index is 2.04. The summed E-state index contributed by atoms with van der Waals surface area (Å²) in [5.41, 5.74) is 0. The molecule has 3 unspecified atom stereocenters. The molecule has 1 fully saturated rings. The topological polar surface area (TPSA) is 38.7 Å². The molecule has 16 heavy (non-hydrogen) atoms. The van der Waals surface area contributed by atoms with Crippen molar-refractivity contribution in [2.45, 2.75) is 24.7 Å². The first-order valence-electron chi connectivity index (χ1n) is 4.94. The van der Waals surface area contributed by atoms with Crippen LogP contribution in [-0.2, 0) is 4.74 Å². The largest absolute Gasteiger partial charge is 0.487 e. The summed E-state index contributed by atoms with van der Waals surface area (Å²) < 4.78 is 36.0. The van der Waals surface area contributed by atoms with E-state index in [4.69, 9.17) is 9.47 Å². The summed E-state index contributed by atoms with van der Waals surface area (Å²) in [6.45, 7) is 0. The molecular formula is C11H12F2O3. The summed E-state index contributed by atoms with van der Waals surface area (Å²) in [6, 6.07) is 2.97. The van der Waals surface area contributed by atoms with Gasteiger partial charge in [-0.05, 0) is 0 Å². The van der Waals surface area contributed by atoms with E-state index in [0.29, 0.717) is 6.42 Å². The molecule has 0 amide bonds. The van der Waals surface area contributed by atoms with Crippen molar-refractivity contribution >= 4 is 0 Å². The number of halogens is 2. The Kier molecular flexibility index (Phi) is 3.07. The maximum Gasteiger partial charge on any atom is 0.130 e. The van der Waals surface area contributed by atoms with Crippen LogP contribution in [-0.4, -0.2) is 30.5 Å². The zero-order chi connectivity index (χ0) is 11.7. The lowest BCUT2D eigenvalue weighted by Crippen LogP contribution is -2.54. The van der Waals surface area contributed by atoms with Gasteiger partial charge in [0.25, 0.3) is 0 Å². The highest BCUT2D eigenvalue weighted by Gasteiger charge is 2.42. The lowest BCUT2D eigenvalue weighted by atomic mass is 9.88. The van der Waals surface area contributed by atoms with Crippen LogP contribution in [0.15, 0.2) is 18.2 Å². The van der Waals surface area contributed by atoms with Crippen LogP contribution < -0.4 is 4.74 Å². The monoisotopic (exact) mass is 230 g/mol. The second kappa shape index (κ2) is 4.35. The second-order valence-corrected chi connectivity index (χ2v) is 3.76. The fourth-order valence-electron chi connectivity index (χ4n) is 1.75. The molecule has 3 atom stereocenters. The van der Waals surface area contributed by atoms with Crippen molar-refractivity contribution in [3.8, 4) is 5.75 Å². The van der Waals surface area contributed by atoms with E-state index >= 15 is 0 Å². The third kappa shape index (κ3) is 2.15. The van der Waals surface area contributed by atoms with Crippen molar-refractivity contribution in [1.82, 2.24) is 0 Å². The van der Waals surface area contributed by atoms with Gasteiger partial charge in [-0.3, -0.25) is 0 Å². The van der Waals surface area contributed by atoms with Gasteiger partial charge in [0.15, 0.2) is 0 Å². The van der Waals surface area contributed by atoms with Gasteiger partial charge in [-0.1, -0.05) is 0 Å². The lowest BCUT2D eigenvalue weighted by molar-refractivity contribution is -0.149. The summed E-state index contributed by atoms with van der Waals surface area (Å²) >= 11 is 0. The van der Waals surface area contributed by atoms with Gasteiger partial charge in [0.1, 0.15) is 29.6 Å². The Morgan fingerprint density at radius 1 is 1.25 bits per heavy atom. The molecule has 1 aromatic rings. The number of methoxy groups -OCH3 is 1. The average Bonchev–Trinajstić information content (AvgIpc) is 2.15. The number of rotatable bonds is 3. The van der Waals surface area contributed by atoms with Gasteiger partial charge < -0.3 is 14.6 Å². The van der Waals surface area contributed by atoms with E-state index in [0.717, 1.165) is 18.2 Å². The fourth-order valence-corrected chi connectivity index (χ4v) is 1.75. The van der Waals surface area contributed by atoms with E-state index in [9.17, 15) is 13.9 Å². The number of ether oxygens (including phenoxy) is 2. The normalized spacial score (nSPS) is 28.6. The van der Waals surface area contributed by atoms with E-state index in [2.05, 4.69) is 0 Å². The zero-order valence-corrected chi connectivity index (χ0v) is 8.69. The molecule has 1 aromatic carbocycles. The molecule has 0 aliphatic heterocycles. The van der Waals surface area contributed by atoms with Crippen molar-refractivity contribution in [1.29, 1.82) is 0 Å². The first-order valence-corrected chi connectivity index (χ1v) is 4.94. The molecule has 1 N–H and O–H groups in total. The van der Waals surface area contributed by atoms with Crippen LogP contribution in [0.25, 0.3) is 0 Å². The predicted octanol–water partition coefficient (Wildman–Crippen LogP) is 1.49. The number of hydrogen-bond acceptors (Lipinski definition) is 3. The van der Waals surface area contributed by atoms with Gasteiger partial charge >= 0.3 is 0 Å². The highest BCUT2D eigenvalue weighted by atomic mass is 19.1. The van der Waals surface area contributed by atoms with Crippen LogP contribution in [0.1, 0.15) is 6.42 Å². The molecule has 3 nitrogen and oxygen atoms in total. The SMILES string of the molecule is COC1C(O)CC1Oc1cc(F)cc(F)c1. The average molecular weight is 230 g/mol. The van der Waals surface area contributed by atoms with Crippen LogP contribution in [0.3, 0.4) is 0 Å². The van der Waals surface area contributed by atoms with Crippen molar-refractivity contribution in [2.24, 2.45) is 0 Å². The van der Waals surface area contributed by atoms with E-state index in [1.807, 2.05) is 0 Å². The Hall–Kier alpha value is -1.20. The van der Waals surface area contributed by atoms with Gasteiger partial charge in [0.05, 0.1) is 6.10 Å². The summed E-state index contributed by atoms with van der Waals surface area (Å²) in [5, 5.41) is 9.31. The highest BCUT2D eigenvalue weighted by Crippen LogP contribution is 2.29. The van der Waals surface area contributed by atoms with Gasteiger partial charge in [-0.15, -0.1) is 0 Å². The smallest absolute Gasteiger partial charge is 0.130 e. The van der Waals surface area contributed by atoms with Gasteiger partial charge in [0, 0.05) is 31.7 Å². The Bertz CT molecular complexity index is 363. The highest BCUT2D eigenvalue weighted by molar-refractivity contribution is 5.24. The molecule has 1 aliphatic carbocycles. The minimum Gasteiger partial charge on any atom is -0.487 e. The second-order valence-electron chi connectivity index (χ2n) is 3.76. The number of aliphatic hydroxyl groups is 1. The van der Waals surface area contributed by atoms with Crippen LogP contribution >= 0.6 is 0 Å². The molecule has 0 saturated heterocycles. The van der Waals surface area contributed by atoms with Crippen LogP contribution in [0.4, 0.5) is 8.78 Å². The molecular weight excluding hydrogens is 218 g/mol. The third-order valence-corrected chi connectivity index (χ3v) is 2.62. The number of benzene rings is 1. The van der Waals surface area contributed by atoms with Gasteiger partial charge in [0.2, 0.25) is 0 Å². The quantitative estimate of drug-likeness (QED) is 0.855. The van der Waals surface area contributed by atoms with Crippen LogP contribution in [0.2, 0.25) is 0 Å². The first-order chi connectivity index (χ1) is 7.60. The van der Waals surface area contributed by atoms with Gasteiger partial charge in [-0.25, -0.2) is 8.78 Å². The zero-order valence-electron chi connectivity index (χ0n) is 8.69. The van der Waals surface area contributed by atoms with E-state index in [1.165, 1.54) is 7.11 Å². The summed E-state index contributed by atoms with van der Waals surface area (Å²) in [5.74, 6) is -1.27. The van der Waals surface area contributed by atoms with Crippen molar-refractivity contribution < 1.29 is 23.4 Å². The molecule has 88 valence electrons. The Morgan fingerprint density at radius 3 is 2.38 bits per heavy atom. The molecule has 0 bridgehead atoms. The Labute approximate surface area is 91.6 Å². The molecule has 1 saturated carbocycles. The van der Waals surface area contributed by atoms with Crippen molar-refractivity contribution in [3.63, 3.8) is 0 Å². The number of hydrogen-bond donors (Lipinski definition) is 1. The van der Waals surface area contributed by atoms with Crippen LogP contribution in [0.5, 0.6) is 5.75 Å². The molecule has 5 heteroatoms. The molecule has 0 heterocycles. The standard InChI is InChI=1S/C11H12F2O3/c1-15-11-9(14)5-10(11)16-8-3-6(12)2-7(13)4-8/h2-4,9-11,14H,5H2,1H3. The molecule has 0 aromatic heterocycles. The van der Waals surface area contributed by atoms with Gasteiger partial charge in [-0.2, -0.15) is 0 Å². The van der Waals surface area contributed by atoms with E-state index < -0.39 is 23.8 Å². The summed E-state index contributed by atoms with van der Waals surface area (Å²) in [4.78, 5) is 0. The number of aliphatic hydroxyl groups excluding tert-OH is 1. The minimum absolute atomic E-state index is 0.108. The Morgan fingerprint density at radius 2 is 1.88 bits per heavy atom. The van der Waals surface area contributed by atoms with Crippen molar-refractivity contribution in [2.75, 3.05) is 7.11 Å². The van der Waals surface area contributed by atoms with Crippen LogP contribution in [0, 0.1) is 11.6 Å². The van der Waals surface area contributed by atoms with E-state index in [1.54, 1.807) is 0 Å². The predicted molar refractivity (Wildman–Crippen MR) is 52.2 cm³/mol.